The average molecular weight is 358 g/mol. The lowest BCUT2D eigenvalue weighted by Crippen LogP contribution is -2.05. The highest BCUT2D eigenvalue weighted by molar-refractivity contribution is 7.13. The lowest BCUT2D eigenvalue weighted by molar-refractivity contribution is -0.140. The molecule has 0 aliphatic carbocycles. The van der Waals surface area contributed by atoms with Gasteiger partial charge in [-0.2, -0.15) is 13.2 Å². The largest absolute Gasteiger partial charge is 0.473 e. The Kier molecular flexibility index (Phi) is 4.02. The second kappa shape index (κ2) is 5.85. The highest BCUT2D eigenvalue weighted by Crippen LogP contribution is 2.33. The Balaban J connectivity index is 2.02. The third-order valence-electron chi connectivity index (χ3n) is 2.76. The Morgan fingerprint density at radius 1 is 1.00 bits per heavy atom. The van der Waals surface area contributed by atoms with Gasteiger partial charge in [-0.25, -0.2) is 19.9 Å². The number of aromatic nitrogens is 4. The van der Waals surface area contributed by atoms with Crippen molar-refractivity contribution in [1.82, 2.24) is 19.9 Å². The molecule has 0 aliphatic rings. The number of rotatable bonds is 3. The van der Waals surface area contributed by atoms with Crippen molar-refractivity contribution in [1.29, 1.82) is 0 Å². The zero-order chi connectivity index (χ0) is 16.6. The smallest absolute Gasteiger partial charge is 0.434 e. The van der Waals surface area contributed by atoms with Crippen molar-refractivity contribution in [3.63, 3.8) is 0 Å². The number of methoxy groups -OCH3 is 1. The van der Waals surface area contributed by atoms with E-state index in [0.29, 0.717) is 22.3 Å². The van der Waals surface area contributed by atoms with E-state index in [2.05, 4.69) is 19.9 Å². The molecule has 5 nitrogen and oxygen atoms in total. The number of hydrogen-bond donors (Lipinski definition) is 0. The van der Waals surface area contributed by atoms with Crippen molar-refractivity contribution in [2.75, 3.05) is 7.11 Å². The quantitative estimate of drug-likeness (QED) is 0.707. The van der Waals surface area contributed by atoms with E-state index in [-0.39, 0.29) is 10.8 Å². The highest BCUT2D eigenvalue weighted by Gasteiger charge is 2.34. The number of ether oxygens (including phenoxy) is 1. The van der Waals surface area contributed by atoms with Gasteiger partial charge in [0.15, 0.2) is 16.5 Å². The molecule has 10 heteroatoms. The summed E-state index contributed by atoms with van der Waals surface area (Å²) in [5, 5.41) is 3.30. The van der Waals surface area contributed by atoms with Crippen LogP contribution in [0.2, 0.25) is 0 Å². The number of halogens is 3. The molecule has 0 unspecified atom stereocenters. The molecule has 3 heterocycles. The van der Waals surface area contributed by atoms with Gasteiger partial charge < -0.3 is 4.74 Å². The summed E-state index contributed by atoms with van der Waals surface area (Å²) in [6.07, 6.45) is -4.48. The van der Waals surface area contributed by atoms with Crippen LogP contribution in [0.1, 0.15) is 11.4 Å². The van der Waals surface area contributed by atoms with Gasteiger partial charge in [-0.1, -0.05) is 11.3 Å². The minimum absolute atomic E-state index is 0.115. The Bertz CT molecular complexity index is 844. The van der Waals surface area contributed by atoms with Gasteiger partial charge in [-0.15, -0.1) is 11.3 Å². The van der Waals surface area contributed by atoms with Gasteiger partial charge in [0.25, 0.3) is 5.19 Å². The van der Waals surface area contributed by atoms with Crippen molar-refractivity contribution in [3.05, 3.63) is 28.2 Å². The van der Waals surface area contributed by atoms with Gasteiger partial charge >= 0.3 is 6.18 Å². The van der Waals surface area contributed by atoms with Crippen molar-refractivity contribution < 1.29 is 17.9 Å². The van der Waals surface area contributed by atoms with Gasteiger partial charge in [0.1, 0.15) is 5.69 Å². The van der Waals surface area contributed by atoms with E-state index in [9.17, 15) is 13.2 Å². The van der Waals surface area contributed by atoms with E-state index < -0.39 is 11.9 Å². The zero-order valence-electron chi connectivity index (χ0n) is 11.9. The first-order chi connectivity index (χ1) is 10.9. The molecule has 120 valence electrons. The monoisotopic (exact) mass is 358 g/mol. The second-order valence-electron chi connectivity index (χ2n) is 4.46. The van der Waals surface area contributed by atoms with Crippen LogP contribution in [0.25, 0.3) is 22.2 Å². The Labute approximate surface area is 136 Å². The van der Waals surface area contributed by atoms with Gasteiger partial charge in [0.2, 0.25) is 0 Å². The lowest BCUT2D eigenvalue weighted by atomic mass is 10.3. The van der Waals surface area contributed by atoms with E-state index in [1.54, 1.807) is 18.4 Å². The van der Waals surface area contributed by atoms with Crippen LogP contribution in [0.15, 0.2) is 16.8 Å². The summed E-state index contributed by atoms with van der Waals surface area (Å²) >= 11 is 2.16. The van der Waals surface area contributed by atoms with Gasteiger partial charge in [-0.3, -0.25) is 0 Å². The van der Waals surface area contributed by atoms with Crippen molar-refractivity contribution in [3.8, 4) is 27.4 Å². The predicted molar refractivity (Wildman–Crippen MR) is 80.5 cm³/mol. The molecule has 0 aromatic carbocycles. The Hall–Kier alpha value is -2.07. The minimum Gasteiger partial charge on any atom is -0.473 e. The topological polar surface area (TPSA) is 60.8 Å². The van der Waals surface area contributed by atoms with Crippen LogP contribution in [0.5, 0.6) is 5.19 Å². The fourth-order valence-electron chi connectivity index (χ4n) is 1.77. The van der Waals surface area contributed by atoms with Gasteiger partial charge in [0, 0.05) is 16.5 Å². The molecule has 3 aromatic heterocycles. The maximum Gasteiger partial charge on any atom is 0.434 e. The fraction of sp³-hybridized carbons (Fsp3) is 0.231. The maximum absolute atomic E-state index is 12.7. The summed E-state index contributed by atoms with van der Waals surface area (Å²) in [6, 6.07) is 1.70. The number of aryl methyl sites for hydroxylation is 1. The first kappa shape index (κ1) is 15.8. The van der Waals surface area contributed by atoms with Crippen LogP contribution >= 0.6 is 22.7 Å². The first-order valence-electron chi connectivity index (χ1n) is 6.25. The van der Waals surface area contributed by atoms with E-state index in [1.165, 1.54) is 18.4 Å². The Morgan fingerprint density at radius 2 is 1.78 bits per heavy atom. The van der Waals surface area contributed by atoms with E-state index in [0.717, 1.165) is 16.7 Å². The van der Waals surface area contributed by atoms with E-state index >= 15 is 0 Å². The van der Waals surface area contributed by atoms with E-state index in [4.69, 9.17) is 4.74 Å². The van der Waals surface area contributed by atoms with Crippen LogP contribution < -0.4 is 4.74 Å². The van der Waals surface area contributed by atoms with Crippen LogP contribution in [-0.4, -0.2) is 27.0 Å². The van der Waals surface area contributed by atoms with Crippen LogP contribution in [-0.2, 0) is 6.18 Å². The third kappa shape index (κ3) is 3.32. The maximum atomic E-state index is 12.7. The molecule has 0 aliphatic heterocycles. The van der Waals surface area contributed by atoms with Crippen molar-refractivity contribution >= 4 is 22.7 Å². The summed E-state index contributed by atoms with van der Waals surface area (Å²) in [5.41, 5.74) is 0.752. The summed E-state index contributed by atoms with van der Waals surface area (Å²) < 4.78 is 43.0. The molecular weight excluding hydrogens is 349 g/mol. The zero-order valence-corrected chi connectivity index (χ0v) is 13.5. The average Bonchev–Trinajstić information content (AvgIpc) is 3.15. The van der Waals surface area contributed by atoms with E-state index in [1.807, 2.05) is 0 Å². The highest BCUT2D eigenvalue weighted by atomic mass is 32.1. The molecule has 0 bridgehead atoms. The van der Waals surface area contributed by atoms with Crippen molar-refractivity contribution in [2.24, 2.45) is 0 Å². The molecule has 0 N–H and O–H groups in total. The van der Waals surface area contributed by atoms with Crippen molar-refractivity contribution in [2.45, 2.75) is 13.1 Å². The molecule has 0 saturated carbocycles. The number of alkyl halides is 3. The molecule has 3 aromatic rings. The summed E-state index contributed by atoms with van der Waals surface area (Å²) in [5.74, 6) is 0.146. The molecular formula is C13H9F3N4OS2. The second-order valence-corrected chi connectivity index (χ2v) is 6.14. The fourth-order valence-corrected chi connectivity index (χ4v) is 3.16. The Morgan fingerprint density at radius 3 is 2.39 bits per heavy atom. The van der Waals surface area contributed by atoms with Gasteiger partial charge in [0.05, 0.1) is 12.8 Å². The molecule has 0 atom stereocenters. The normalized spacial score (nSPS) is 11.7. The molecule has 0 radical (unpaired) electrons. The number of thiazole rings is 2. The summed E-state index contributed by atoms with van der Waals surface area (Å²) in [4.78, 5) is 16.2. The molecule has 3 rings (SSSR count). The minimum atomic E-state index is -4.48. The third-order valence-corrected chi connectivity index (χ3v) is 4.40. The van der Waals surface area contributed by atoms with Crippen LogP contribution in [0.3, 0.4) is 0 Å². The molecule has 0 spiro atoms. The van der Waals surface area contributed by atoms with Crippen LogP contribution in [0, 0.1) is 6.92 Å². The summed E-state index contributed by atoms with van der Waals surface area (Å²) in [7, 11) is 1.51. The van der Waals surface area contributed by atoms with Crippen LogP contribution in [0.4, 0.5) is 13.2 Å². The molecule has 0 amide bonds. The lowest BCUT2D eigenvalue weighted by Gasteiger charge is -2.02. The molecule has 23 heavy (non-hydrogen) atoms. The molecule has 0 fully saturated rings. The SMILES string of the molecule is COc1nc(-c2cc(C)nc(-c3nc(C(F)(F)F)cs3)n2)cs1. The summed E-state index contributed by atoms with van der Waals surface area (Å²) in [6.45, 7) is 1.73. The first-order valence-corrected chi connectivity index (χ1v) is 8.01. The molecule has 0 saturated heterocycles. The standard InChI is InChI=1S/C13H9F3N4OS2/c1-6-3-7(8-4-23-12(19-8)21-2)18-10(17-6)11-20-9(5-22-11)13(14,15)16/h3-5H,1-2H3. The van der Waals surface area contributed by atoms with Gasteiger partial charge in [-0.05, 0) is 13.0 Å². The number of nitrogens with zero attached hydrogens (tertiary/aromatic N) is 4. The predicted octanol–water partition coefficient (Wildman–Crippen LogP) is 4.06. The number of hydrogen-bond acceptors (Lipinski definition) is 7.